The number of amides is 2. The molecule has 0 aliphatic heterocycles. The van der Waals surface area contributed by atoms with Gasteiger partial charge in [-0.3, -0.25) is 13.9 Å². The van der Waals surface area contributed by atoms with Crippen LogP contribution in [0.1, 0.15) is 31.4 Å². The maximum absolute atomic E-state index is 13.9. The average Bonchev–Trinajstić information content (AvgIpc) is 2.93. The van der Waals surface area contributed by atoms with Gasteiger partial charge in [0.2, 0.25) is 11.8 Å². The first kappa shape index (κ1) is 29.5. The monoisotopic (exact) mass is 575 g/mol. The Bertz CT molecular complexity index is 1350. The molecule has 3 aromatic rings. The average molecular weight is 577 g/mol. The van der Waals surface area contributed by atoms with Gasteiger partial charge in [0.15, 0.2) is 0 Å². The molecule has 3 rings (SSSR count). The molecule has 1 N–H and O–H groups in total. The molecule has 2 amide bonds. The van der Waals surface area contributed by atoms with Crippen molar-refractivity contribution in [1.29, 1.82) is 0 Å². The van der Waals surface area contributed by atoms with Gasteiger partial charge in [0.05, 0.1) is 10.6 Å². The molecule has 1 atom stereocenters. The Morgan fingerprint density at radius 1 is 0.895 bits per heavy atom. The first-order chi connectivity index (χ1) is 18.1. The number of carbonyl (C=O) groups is 2. The number of anilines is 1. The maximum atomic E-state index is 13.9. The zero-order valence-electron chi connectivity index (χ0n) is 21.5. The van der Waals surface area contributed by atoms with E-state index >= 15 is 0 Å². The summed E-state index contributed by atoms with van der Waals surface area (Å²) in [6, 6.07) is 19.0. The molecular weight excluding hydrogens is 545 g/mol. The molecule has 0 aliphatic carbocycles. The second kappa shape index (κ2) is 13.1. The number of likely N-dealkylation sites (N-methyl/N-ethyl adjacent to an activating group) is 1. The number of rotatable bonds is 11. The van der Waals surface area contributed by atoms with Crippen LogP contribution < -0.4 is 9.62 Å². The lowest BCUT2D eigenvalue weighted by Gasteiger charge is -2.33. The molecule has 0 aromatic heterocycles. The molecule has 0 bridgehead atoms. The van der Waals surface area contributed by atoms with E-state index in [0.717, 1.165) is 16.3 Å². The third-order valence-corrected chi connectivity index (χ3v) is 8.76. The van der Waals surface area contributed by atoms with Crippen LogP contribution in [0.25, 0.3) is 0 Å². The molecule has 0 fully saturated rings. The van der Waals surface area contributed by atoms with Gasteiger partial charge in [-0.05, 0) is 54.8 Å². The summed E-state index contributed by atoms with van der Waals surface area (Å²) in [5.74, 6) is -0.954. The van der Waals surface area contributed by atoms with Crippen LogP contribution in [-0.2, 0) is 32.6 Å². The van der Waals surface area contributed by atoms with E-state index in [2.05, 4.69) is 5.32 Å². The van der Waals surface area contributed by atoms with Gasteiger partial charge < -0.3 is 10.2 Å². The highest BCUT2D eigenvalue weighted by molar-refractivity contribution is 7.92. The molecule has 202 valence electrons. The van der Waals surface area contributed by atoms with E-state index in [1.165, 1.54) is 24.1 Å². The molecule has 0 radical (unpaired) electrons. The van der Waals surface area contributed by atoms with Gasteiger partial charge in [0.25, 0.3) is 10.0 Å². The van der Waals surface area contributed by atoms with Crippen LogP contribution in [0.5, 0.6) is 0 Å². The van der Waals surface area contributed by atoms with Crippen molar-refractivity contribution in [2.24, 2.45) is 0 Å². The third-order valence-electron chi connectivity index (χ3n) is 6.27. The Labute approximate surface area is 234 Å². The molecule has 7 nitrogen and oxygen atoms in total. The van der Waals surface area contributed by atoms with Crippen LogP contribution in [0.4, 0.5) is 5.69 Å². The first-order valence-electron chi connectivity index (χ1n) is 12.2. The largest absolute Gasteiger partial charge is 0.357 e. The van der Waals surface area contributed by atoms with Crippen molar-refractivity contribution in [1.82, 2.24) is 10.2 Å². The van der Waals surface area contributed by atoms with Gasteiger partial charge in [-0.2, -0.15) is 0 Å². The summed E-state index contributed by atoms with van der Waals surface area (Å²) in [5, 5.41) is 3.27. The number of hydrogen-bond acceptors (Lipinski definition) is 4. The predicted octanol–water partition coefficient (Wildman–Crippen LogP) is 5.30. The van der Waals surface area contributed by atoms with E-state index in [1.807, 2.05) is 19.1 Å². The minimum absolute atomic E-state index is 0.0476. The summed E-state index contributed by atoms with van der Waals surface area (Å²) in [7, 11) is -2.63. The molecule has 0 saturated carbocycles. The fraction of sp³-hybridized carbons (Fsp3) is 0.286. The summed E-state index contributed by atoms with van der Waals surface area (Å²) < 4.78 is 28.6. The Kier molecular flexibility index (Phi) is 10.2. The van der Waals surface area contributed by atoms with Crippen LogP contribution in [0.15, 0.2) is 77.7 Å². The molecular formula is C28H31Cl2N3O4S. The van der Waals surface area contributed by atoms with E-state index in [-0.39, 0.29) is 17.3 Å². The third kappa shape index (κ3) is 6.67. The van der Waals surface area contributed by atoms with Gasteiger partial charge in [0.1, 0.15) is 12.6 Å². The van der Waals surface area contributed by atoms with Crippen LogP contribution in [0, 0.1) is 0 Å². The second-order valence-electron chi connectivity index (χ2n) is 8.60. The number of hydrogen-bond donors (Lipinski definition) is 1. The van der Waals surface area contributed by atoms with E-state index in [0.29, 0.717) is 27.7 Å². The lowest BCUT2D eigenvalue weighted by Crippen LogP contribution is -2.51. The van der Waals surface area contributed by atoms with Gasteiger partial charge >= 0.3 is 0 Å². The smallest absolute Gasteiger partial charge is 0.264 e. The van der Waals surface area contributed by atoms with E-state index in [9.17, 15) is 18.0 Å². The minimum atomic E-state index is -4.12. The Morgan fingerprint density at radius 3 is 2.03 bits per heavy atom. The molecule has 3 aromatic carbocycles. The van der Waals surface area contributed by atoms with Crippen LogP contribution in [0.3, 0.4) is 0 Å². The number of benzene rings is 3. The summed E-state index contributed by atoms with van der Waals surface area (Å²) in [4.78, 5) is 28.1. The molecule has 10 heteroatoms. The molecule has 0 heterocycles. The van der Waals surface area contributed by atoms with E-state index in [4.69, 9.17) is 23.2 Å². The number of halogens is 2. The predicted molar refractivity (Wildman–Crippen MR) is 152 cm³/mol. The van der Waals surface area contributed by atoms with Crippen molar-refractivity contribution >= 4 is 50.7 Å². The fourth-order valence-corrected chi connectivity index (χ4v) is 6.04. The number of nitrogens with one attached hydrogen (secondary N) is 1. The van der Waals surface area contributed by atoms with Crippen LogP contribution in [0.2, 0.25) is 10.0 Å². The highest BCUT2D eigenvalue weighted by Crippen LogP contribution is 2.29. The highest BCUT2D eigenvalue weighted by Gasteiger charge is 2.34. The quantitative estimate of drug-likeness (QED) is 0.336. The SMILES string of the molecule is CCc1ccc(N(CC(=O)N(Cc2c(Cl)cccc2Cl)[C@H](CC)C(=O)NC)S(=O)(=O)c2ccccc2)cc1. The molecule has 0 unspecified atom stereocenters. The Hall–Kier alpha value is -3.07. The van der Waals surface area contributed by atoms with Crippen molar-refractivity contribution in [3.05, 3.63) is 94.0 Å². The number of nitrogens with zero attached hydrogens (tertiary/aromatic N) is 2. The number of aryl methyl sites for hydroxylation is 1. The maximum Gasteiger partial charge on any atom is 0.264 e. The zero-order valence-corrected chi connectivity index (χ0v) is 23.9. The Morgan fingerprint density at radius 2 is 1.50 bits per heavy atom. The number of carbonyl (C=O) groups excluding carboxylic acids is 2. The molecule has 0 saturated heterocycles. The summed E-state index contributed by atoms with van der Waals surface area (Å²) in [5.41, 5.74) is 1.83. The Balaban J connectivity index is 2.08. The first-order valence-corrected chi connectivity index (χ1v) is 14.4. The van der Waals surface area contributed by atoms with E-state index in [1.54, 1.807) is 55.5 Å². The zero-order chi connectivity index (χ0) is 27.9. The lowest BCUT2D eigenvalue weighted by atomic mass is 10.1. The van der Waals surface area contributed by atoms with Crippen molar-refractivity contribution in [2.45, 2.75) is 44.2 Å². The number of sulfonamides is 1. The summed E-state index contributed by atoms with van der Waals surface area (Å²) >= 11 is 12.8. The standard InChI is InChI=1S/C28H31Cl2N3O4S/c1-4-20-14-16-21(17-15-20)33(38(36,37)22-10-7-6-8-11-22)19-27(34)32(26(5-2)28(35)31-3)18-23-24(29)12-9-13-25(23)30/h6-17,26H,4-5,18-19H2,1-3H3,(H,31,35)/t26-/m1/s1. The molecule has 38 heavy (non-hydrogen) atoms. The normalized spacial score (nSPS) is 12.0. The minimum Gasteiger partial charge on any atom is -0.357 e. The van der Waals surface area contributed by atoms with Crippen molar-refractivity contribution in [2.75, 3.05) is 17.9 Å². The fourth-order valence-electron chi connectivity index (χ4n) is 4.09. The van der Waals surface area contributed by atoms with Crippen molar-refractivity contribution < 1.29 is 18.0 Å². The van der Waals surface area contributed by atoms with Gasteiger partial charge in [0, 0.05) is 29.2 Å². The van der Waals surface area contributed by atoms with E-state index < -0.39 is 28.5 Å². The van der Waals surface area contributed by atoms with Crippen LogP contribution >= 0.6 is 23.2 Å². The van der Waals surface area contributed by atoms with Gasteiger partial charge in [-0.25, -0.2) is 8.42 Å². The van der Waals surface area contributed by atoms with Crippen molar-refractivity contribution in [3.8, 4) is 0 Å². The second-order valence-corrected chi connectivity index (χ2v) is 11.3. The van der Waals surface area contributed by atoms with Crippen LogP contribution in [-0.4, -0.2) is 44.8 Å². The molecule has 0 aliphatic rings. The van der Waals surface area contributed by atoms with Gasteiger partial charge in [-0.1, -0.05) is 73.4 Å². The summed E-state index contributed by atoms with van der Waals surface area (Å²) in [6.07, 6.45) is 1.07. The highest BCUT2D eigenvalue weighted by atomic mass is 35.5. The van der Waals surface area contributed by atoms with Crippen molar-refractivity contribution in [3.63, 3.8) is 0 Å². The lowest BCUT2D eigenvalue weighted by molar-refractivity contribution is -0.140. The van der Waals surface area contributed by atoms with Gasteiger partial charge in [-0.15, -0.1) is 0 Å². The molecule has 0 spiro atoms. The topological polar surface area (TPSA) is 86.8 Å². The summed E-state index contributed by atoms with van der Waals surface area (Å²) in [6.45, 7) is 3.17.